The third-order valence-electron chi connectivity index (χ3n) is 1.66. The molecule has 0 spiro atoms. The molecule has 1 aromatic carbocycles. The summed E-state index contributed by atoms with van der Waals surface area (Å²) in [4.78, 5) is 22.5. The molecule has 2 N–H and O–H groups in total. The zero-order valence-electron chi connectivity index (χ0n) is 8.06. The molecule has 15 heavy (non-hydrogen) atoms. The molecule has 0 bridgehead atoms. The summed E-state index contributed by atoms with van der Waals surface area (Å²) in [5, 5.41) is 4.69. The van der Waals surface area contributed by atoms with Gasteiger partial charge in [0.05, 0.1) is 0 Å². The Balaban J connectivity index is 2.46. The van der Waals surface area contributed by atoms with Crippen molar-refractivity contribution >= 4 is 24.6 Å². The maximum atomic E-state index is 11.4. The second kappa shape index (κ2) is 6.08. The summed E-state index contributed by atoms with van der Waals surface area (Å²) in [6, 6.07) is 8.05. The Labute approximate surface area is 93.5 Å². The van der Waals surface area contributed by atoms with Gasteiger partial charge in [0.2, 0.25) is 0 Å². The first-order chi connectivity index (χ1) is 7.24. The molecule has 0 fully saturated rings. The number of hydrogen-bond donors (Lipinski definition) is 3. The maximum absolute atomic E-state index is 11.4. The number of thiol groups is 1. The Morgan fingerprint density at radius 1 is 1.20 bits per heavy atom. The van der Waals surface area contributed by atoms with Crippen LogP contribution in [-0.4, -0.2) is 24.2 Å². The van der Waals surface area contributed by atoms with Crippen molar-refractivity contribution in [2.24, 2.45) is 0 Å². The van der Waals surface area contributed by atoms with Crippen molar-refractivity contribution in [3.8, 4) is 0 Å². The van der Waals surface area contributed by atoms with E-state index < -0.39 is 11.9 Å². The van der Waals surface area contributed by atoms with Crippen LogP contribution in [-0.2, 0) is 0 Å². The lowest BCUT2D eigenvalue weighted by Crippen LogP contribution is -2.40. The summed E-state index contributed by atoms with van der Waals surface area (Å²) in [5.74, 6) is 0.125. The first-order valence-corrected chi connectivity index (χ1v) is 5.12. The van der Waals surface area contributed by atoms with E-state index in [1.165, 1.54) is 0 Å². The Morgan fingerprint density at radius 2 is 1.87 bits per heavy atom. The molecule has 3 amide bonds. The minimum Gasteiger partial charge on any atom is -0.337 e. The van der Waals surface area contributed by atoms with Gasteiger partial charge in [-0.1, -0.05) is 18.2 Å². The normalized spacial score (nSPS) is 9.40. The number of rotatable bonds is 3. The molecule has 0 heterocycles. The van der Waals surface area contributed by atoms with Crippen LogP contribution < -0.4 is 10.6 Å². The van der Waals surface area contributed by atoms with Gasteiger partial charge >= 0.3 is 6.03 Å². The molecular weight excluding hydrogens is 212 g/mol. The predicted octanol–water partition coefficient (Wildman–Crippen LogP) is 1.06. The highest BCUT2D eigenvalue weighted by Crippen LogP contribution is 1.97. The van der Waals surface area contributed by atoms with Crippen LogP contribution in [0.25, 0.3) is 0 Å². The first kappa shape index (κ1) is 11.6. The Kier molecular flexibility index (Phi) is 4.70. The smallest absolute Gasteiger partial charge is 0.321 e. The molecule has 1 aromatic rings. The van der Waals surface area contributed by atoms with E-state index in [1.54, 1.807) is 30.3 Å². The van der Waals surface area contributed by atoms with E-state index in [4.69, 9.17) is 0 Å². The summed E-state index contributed by atoms with van der Waals surface area (Å²) < 4.78 is 0. The van der Waals surface area contributed by atoms with Gasteiger partial charge in [-0.25, -0.2) is 4.79 Å². The fourth-order valence-electron chi connectivity index (χ4n) is 0.978. The number of carbonyl (C=O) groups excluding carboxylic acids is 2. The van der Waals surface area contributed by atoms with Crippen LogP contribution in [0.4, 0.5) is 4.79 Å². The molecule has 0 aliphatic rings. The maximum Gasteiger partial charge on any atom is 0.321 e. The van der Waals surface area contributed by atoms with Crippen LogP contribution in [0.3, 0.4) is 0 Å². The Morgan fingerprint density at radius 3 is 2.47 bits per heavy atom. The summed E-state index contributed by atoms with van der Waals surface area (Å²) in [6.45, 7) is 0.428. The lowest BCUT2D eigenvalue weighted by atomic mass is 10.2. The third kappa shape index (κ3) is 4.03. The van der Waals surface area contributed by atoms with E-state index in [0.717, 1.165) is 0 Å². The molecule has 4 nitrogen and oxygen atoms in total. The van der Waals surface area contributed by atoms with E-state index >= 15 is 0 Å². The van der Waals surface area contributed by atoms with Gasteiger partial charge in [-0.15, -0.1) is 0 Å². The number of carbonyl (C=O) groups is 2. The van der Waals surface area contributed by atoms with Gasteiger partial charge in [0.1, 0.15) is 0 Å². The van der Waals surface area contributed by atoms with Crippen molar-refractivity contribution < 1.29 is 9.59 Å². The number of imide groups is 1. The van der Waals surface area contributed by atoms with Crippen molar-refractivity contribution in [1.29, 1.82) is 0 Å². The van der Waals surface area contributed by atoms with E-state index in [9.17, 15) is 9.59 Å². The highest BCUT2D eigenvalue weighted by molar-refractivity contribution is 7.80. The molecule has 1 rings (SSSR count). The average Bonchev–Trinajstić information content (AvgIpc) is 2.27. The van der Waals surface area contributed by atoms with Crippen molar-refractivity contribution in [2.75, 3.05) is 12.3 Å². The third-order valence-corrected chi connectivity index (χ3v) is 1.88. The van der Waals surface area contributed by atoms with Crippen LogP contribution in [0.2, 0.25) is 0 Å². The fourth-order valence-corrected chi connectivity index (χ4v) is 1.09. The van der Waals surface area contributed by atoms with Crippen molar-refractivity contribution in [3.05, 3.63) is 35.9 Å². The van der Waals surface area contributed by atoms with Gasteiger partial charge in [-0.05, 0) is 12.1 Å². The number of urea groups is 1. The number of amides is 3. The van der Waals surface area contributed by atoms with E-state index in [2.05, 4.69) is 23.3 Å². The van der Waals surface area contributed by atoms with E-state index in [-0.39, 0.29) is 0 Å². The predicted molar refractivity (Wildman–Crippen MR) is 61.2 cm³/mol. The minimum atomic E-state index is -0.502. The van der Waals surface area contributed by atoms with E-state index in [0.29, 0.717) is 17.9 Å². The molecule has 5 heteroatoms. The Bertz CT molecular complexity index is 341. The zero-order chi connectivity index (χ0) is 11.1. The zero-order valence-corrected chi connectivity index (χ0v) is 8.96. The van der Waals surface area contributed by atoms with Gasteiger partial charge in [-0.3, -0.25) is 10.1 Å². The van der Waals surface area contributed by atoms with Gasteiger partial charge in [0.15, 0.2) is 0 Å². The van der Waals surface area contributed by atoms with Crippen molar-refractivity contribution in [2.45, 2.75) is 0 Å². The second-order valence-corrected chi connectivity index (χ2v) is 3.25. The summed E-state index contributed by atoms with van der Waals surface area (Å²) >= 11 is 3.93. The van der Waals surface area contributed by atoms with E-state index in [1.807, 2.05) is 0 Å². The molecule has 80 valence electrons. The molecule has 0 unspecified atom stereocenters. The number of nitrogens with one attached hydrogen (secondary N) is 2. The van der Waals surface area contributed by atoms with Crippen molar-refractivity contribution in [1.82, 2.24) is 10.6 Å². The monoisotopic (exact) mass is 224 g/mol. The van der Waals surface area contributed by atoms with Crippen LogP contribution in [0, 0.1) is 0 Å². The molecule has 0 saturated carbocycles. The van der Waals surface area contributed by atoms with Crippen LogP contribution in [0.15, 0.2) is 30.3 Å². The van der Waals surface area contributed by atoms with Crippen LogP contribution in [0.1, 0.15) is 10.4 Å². The Hall–Kier alpha value is -1.49. The highest BCUT2D eigenvalue weighted by Gasteiger charge is 2.07. The summed E-state index contributed by atoms with van der Waals surface area (Å²) in [6.07, 6.45) is 0. The van der Waals surface area contributed by atoms with Crippen LogP contribution >= 0.6 is 12.6 Å². The lowest BCUT2D eigenvalue weighted by molar-refractivity contribution is 0.0964. The van der Waals surface area contributed by atoms with Crippen molar-refractivity contribution in [3.63, 3.8) is 0 Å². The molecule has 0 aliphatic carbocycles. The molecule has 0 saturated heterocycles. The standard InChI is InChI=1S/C10H12N2O2S/c13-9(8-4-2-1-3-5-8)12-10(14)11-6-7-15/h1-5,15H,6-7H2,(H2,11,12,13,14). The topological polar surface area (TPSA) is 58.2 Å². The van der Waals surface area contributed by atoms with Gasteiger partial charge in [0, 0.05) is 17.9 Å². The van der Waals surface area contributed by atoms with Crippen LogP contribution in [0.5, 0.6) is 0 Å². The second-order valence-electron chi connectivity index (χ2n) is 2.80. The highest BCUT2D eigenvalue weighted by atomic mass is 32.1. The molecule has 0 aromatic heterocycles. The molecule has 0 aliphatic heterocycles. The SMILES string of the molecule is O=C(NCCS)NC(=O)c1ccccc1. The number of benzene rings is 1. The minimum absolute atomic E-state index is 0.410. The largest absolute Gasteiger partial charge is 0.337 e. The quantitative estimate of drug-likeness (QED) is 0.672. The number of hydrogen-bond acceptors (Lipinski definition) is 3. The fraction of sp³-hybridized carbons (Fsp3) is 0.200. The van der Waals surface area contributed by atoms with Gasteiger partial charge in [-0.2, -0.15) is 12.6 Å². The average molecular weight is 224 g/mol. The molecular formula is C10H12N2O2S. The molecule has 0 atom stereocenters. The summed E-state index contributed by atoms with van der Waals surface area (Å²) in [7, 11) is 0. The lowest BCUT2D eigenvalue weighted by Gasteiger charge is -2.04. The molecule has 0 radical (unpaired) electrons. The summed E-state index contributed by atoms with van der Waals surface area (Å²) in [5.41, 5.74) is 0.457. The van der Waals surface area contributed by atoms with Gasteiger partial charge < -0.3 is 5.32 Å². The van der Waals surface area contributed by atoms with Gasteiger partial charge in [0.25, 0.3) is 5.91 Å². The first-order valence-electron chi connectivity index (χ1n) is 4.49.